The number of hydrogen-bond acceptors (Lipinski definition) is 3. The van der Waals surface area contributed by atoms with E-state index in [1.54, 1.807) is 0 Å². The first-order chi connectivity index (χ1) is 13.2. The van der Waals surface area contributed by atoms with Crippen LogP contribution in [0.1, 0.15) is 28.3 Å². The van der Waals surface area contributed by atoms with Gasteiger partial charge in [0.2, 0.25) is 0 Å². The summed E-state index contributed by atoms with van der Waals surface area (Å²) in [7, 11) is 0. The highest BCUT2D eigenvalue weighted by atomic mass is 16.2. The summed E-state index contributed by atoms with van der Waals surface area (Å²) in [6.45, 7) is 3.18. The lowest BCUT2D eigenvalue weighted by Gasteiger charge is -2.06. The minimum atomic E-state index is -0.165. The van der Waals surface area contributed by atoms with Gasteiger partial charge in [0.1, 0.15) is 5.82 Å². The van der Waals surface area contributed by atoms with Crippen molar-refractivity contribution in [3.8, 4) is 0 Å². The summed E-state index contributed by atoms with van der Waals surface area (Å²) in [5.74, 6) is 1.54. The monoisotopic (exact) mass is 363 g/mol. The Kier molecular flexibility index (Phi) is 6.57. The van der Waals surface area contributed by atoms with E-state index >= 15 is 0 Å². The number of hydrogen-bond donors (Lipinski definition) is 3. The molecule has 0 saturated heterocycles. The Morgan fingerprint density at radius 2 is 1.63 bits per heavy atom. The Labute approximate surface area is 159 Å². The van der Waals surface area contributed by atoms with Gasteiger partial charge in [0.05, 0.1) is 0 Å². The molecule has 27 heavy (non-hydrogen) atoms. The van der Waals surface area contributed by atoms with Crippen LogP contribution in [0, 0.1) is 6.92 Å². The molecular weight excluding hydrogens is 338 g/mol. The van der Waals surface area contributed by atoms with Crippen LogP contribution in [-0.4, -0.2) is 34.3 Å². The van der Waals surface area contributed by atoms with Gasteiger partial charge in [0.15, 0.2) is 5.82 Å². The number of carbonyl (C=O) groups excluding carboxylic acids is 1. The highest BCUT2D eigenvalue weighted by molar-refractivity contribution is 5.73. The molecule has 1 aromatic heterocycles. The Morgan fingerprint density at radius 1 is 0.926 bits per heavy atom. The normalized spacial score (nSPS) is 10.6. The van der Waals surface area contributed by atoms with E-state index in [0.717, 1.165) is 18.7 Å². The van der Waals surface area contributed by atoms with Gasteiger partial charge in [-0.2, -0.15) is 5.10 Å². The van der Waals surface area contributed by atoms with Crippen LogP contribution in [0.4, 0.5) is 4.79 Å². The number of urea groups is 1. The quantitative estimate of drug-likeness (QED) is 0.575. The van der Waals surface area contributed by atoms with Gasteiger partial charge < -0.3 is 10.6 Å². The van der Waals surface area contributed by atoms with Gasteiger partial charge in [-0.3, -0.25) is 5.10 Å². The molecule has 0 aliphatic rings. The Bertz CT molecular complexity index is 843. The summed E-state index contributed by atoms with van der Waals surface area (Å²) >= 11 is 0. The minimum Gasteiger partial charge on any atom is -0.338 e. The van der Waals surface area contributed by atoms with Crippen LogP contribution in [0.15, 0.2) is 54.6 Å². The van der Waals surface area contributed by atoms with E-state index in [1.807, 2.05) is 18.2 Å². The molecule has 6 nitrogen and oxygen atoms in total. The van der Waals surface area contributed by atoms with Gasteiger partial charge in [0.25, 0.3) is 0 Å². The molecule has 3 aromatic rings. The number of nitrogens with zero attached hydrogens (tertiary/aromatic N) is 2. The van der Waals surface area contributed by atoms with E-state index in [-0.39, 0.29) is 6.03 Å². The van der Waals surface area contributed by atoms with E-state index in [0.29, 0.717) is 25.3 Å². The van der Waals surface area contributed by atoms with Gasteiger partial charge in [-0.25, -0.2) is 9.78 Å². The minimum absolute atomic E-state index is 0.165. The van der Waals surface area contributed by atoms with Crippen LogP contribution >= 0.6 is 0 Å². The van der Waals surface area contributed by atoms with Crippen LogP contribution in [0.2, 0.25) is 0 Å². The van der Waals surface area contributed by atoms with Crippen molar-refractivity contribution in [3.63, 3.8) is 0 Å². The Balaban J connectivity index is 1.34. The van der Waals surface area contributed by atoms with Crippen molar-refractivity contribution < 1.29 is 4.79 Å². The van der Waals surface area contributed by atoms with Crippen molar-refractivity contribution in [2.75, 3.05) is 13.1 Å². The first kappa shape index (κ1) is 18.6. The number of nitrogens with one attached hydrogen (secondary N) is 3. The molecule has 3 N–H and O–H groups in total. The van der Waals surface area contributed by atoms with E-state index in [1.165, 1.54) is 16.7 Å². The fourth-order valence-electron chi connectivity index (χ4n) is 2.74. The second-order valence-corrected chi connectivity index (χ2v) is 6.53. The van der Waals surface area contributed by atoms with Crippen LogP contribution in [-0.2, 0) is 19.3 Å². The summed E-state index contributed by atoms with van der Waals surface area (Å²) < 4.78 is 0. The van der Waals surface area contributed by atoms with E-state index in [9.17, 15) is 4.79 Å². The Morgan fingerprint density at radius 3 is 2.37 bits per heavy atom. The average molecular weight is 363 g/mol. The molecule has 3 rings (SSSR count). The maximum Gasteiger partial charge on any atom is 0.314 e. The molecule has 0 bridgehead atoms. The van der Waals surface area contributed by atoms with Gasteiger partial charge >= 0.3 is 6.03 Å². The van der Waals surface area contributed by atoms with Crippen LogP contribution in [0.3, 0.4) is 0 Å². The van der Waals surface area contributed by atoms with E-state index in [2.05, 4.69) is 69.1 Å². The summed E-state index contributed by atoms with van der Waals surface area (Å²) in [4.78, 5) is 16.3. The number of carbonyl (C=O) groups is 1. The zero-order chi connectivity index (χ0) is 18.9. The van der Waals surface area contributed by atoms with Crippen molar-refractivity contribution in [2.24, 2.45) is 0 Å². The van der Waals surface area contributed by atoms with Gasteiger partial charge in [-0.1, -0.05) is 60.2 Å². The highest BCUT2D eigenvalue weighted by Crippen LogP contribution is 2.07. The molecule has 0 atom stereocenters. The van der Waals surface area contributed by atoms with Crippen molar-refractivity contribution in [1.29, 1.82) is 0 Å². The summed E-state index contributed by atoms with van der Waals surface area (Å²) in [6, 6.07) is 18.3. The second kappa shape index (κ2) is 9.52. The van der Waals surface area contributed by atoms with Crippen LogP contribution in [0.5, 0.6) is 0 Å². The van der Waals surface area contributed by atoms with Crippen molar-refractivity contribution in [2.45, 2.75) is 26.2 Å². The molecule has 6 heteroatoms. The topological polar surface area (TPSA) is 82.7 Å². The first-order valence-corrected chi connectivity index (χ1v) is 9.20. The number of rotatable bonds is 8. The molecule has 0 unspecified atom stereocenters. The standard InChI is InChI=1S/C21H25N5O/c1-16-7-9-18(10-8-16)15-20-24-19(25-26-20)12-14-23-21(27)22-13-11-17-5-3-2-4-6-17/h2-10H,11-15H2,1H3,(H2,22,23,27)(H,24,25,26). The fourth-order valence-corrected chi connectivity index (χ4v) is 2.74. The molecule has 0 aliphatic carbocycles. The maximum atomic E-state index is 11.8. The molecule has 2 aromatic carbocycles. The molecule has 1 heterocycles. The molecule has 0 spiro atoms. The molecule has 2 amide bonds. The van der Waals surface area contributed by atoms with E-state index < -0.39 is 0 Å². The molecule has 140 valence electrons. The van der Waals surface area contributed by atoms with Gasteiger partial charge in [0, 0.05) is 25.9 Å². The zero-order valence-corrected chi connectivity index (χ0v) is 15.5. The van der Waals surface area contributed by atoms with Crippen molar-refractivity contribution in [1.82, 2.24) is 25.8 Å². The predicted molar refractivity (Wildman–Crippen MR) is 106 cm³/mol. The summed E-state index contributed by atoms with van der Waals surface area (Å²) in [6.07, 6.45) is 2.13. The van der Waals surface area contributed by atoms with Crippen molar-refractivity contribution >= 4 is 6.03 Å². The Hall–Kier alpha value is -3.15. The molecule has 0 fully saturated rings. The molecule has 0 aliphatic heterocycles. The zero-order valence-electron chi connectivity index (χ0n) is 15.5. The van der Waals surface area contributed by atoms with Crippen LogP contribution in [0.25, 0.3) is 0 Å². The second-order valence-electron chi connectivity index (χ2n) is 6.53. The lowest BCUT2D eigenvalue weighted by atomic mass is 10.1. The van der Waals surface area contributed by atoms with Gasteiger partial charge in [-0.05, 0) is 24.5 Å². The van der Waals surface area contributed by atoms with Crippen LogP contribution < -0.4 is 10.6 Å². The third-order valence-electron chi connectivity index (χ3n) is 4.25. The largest absolute Gasteiger partial charge is 0.338 e. The number of amides is 2. The molecular formula is C21H25N5O. The first-order valence-electron chi connectivity index (χ1n) is 9.20. The van der Waals surface area contributed by atoms with Gasteiger partial charge in [-0.15, -0.1) is 0 Å². The van der Waals surface area contributed by atoms with Crippen molar-refractivity contribution in [3.05, 3.63) is 82.9 Å². The lowest BCUT2D eigenvalue weighted by molar-refractivity contribution is 0.241. The van der Waals surface area contributed by atoms with E-state index in [4.69, 9.17) is 0 Å². The maximum absolute atomic E-state index is 11.8. The number of aromatic nitrogens is 3. The smallest absolute Gasteiger partial charge is 0.314 e. The number of aromatic amines is 1. The highest BCUT2D eigenvalue weighted by Gasteiger charge is 2.06. The SMILES string of the molecule is Cc1ccc(Cc2nc(CCNC(=O)NCCc3ccccc3)n[nH]2)cc1. The summed E-state index contributed by atoms with van der Waals surface area (Å²) in [5.41, 5.74) is 3.64. The molecule has 0 saturated carbocycles. The number of H-pyrrole nitrogens is 1. The summed E-state index contributed by atoms with van der Waals surface area (Å²) in [5, 5.41) is 12.9. The third-order valence-corrected chi connectivity index (χ3v) is 4.25. The predicted octanol–water partition coefficient (Wildman–Crippen LogP) is 2.79. The lowest BCUT2D eigenvalue weighted by Crippen LogP contribution is -2.37. The number of benzene rings is 2. The molecule has 0 radical (unpaired) electrons. The fraction of sp³-hybridized carbons (Fsp3) is 0.286. The number of aryl methyl sites for hydroxylation is 1. The average Bonchev–Trinajstić information content (AvgIpc) is 3.12. The third kappa shape index (κ3) is 6.26.